The Bertz CT molecular complexity index is 685. The summed E-state index contributed by atoms with van der Waals surface area (Å²) in [4.78, 5) is 9.65. The number of aromatic nitrogens is 4. The molecule has 0 atom stereocenters. The van der Waals surface area contributed by atoms with E-state index in [1.165, 1.54) is 11.2 Å². The lowest BCUT2D eigenvalue weighted by Gasteiger charge is -2.06. The van der Waals surface area contributed by atoms with Crippen LogP contribution in [0.25, 0.3) is 5.69 Å². The predicted octanol–water partition coefficient (Wildman–Crippen LogP) is 2.95. The van der Waals surface area contributed by atoms with E-state index in [4.69, 9.17) is 0 Å². The van der Waals surface area contributed by atoms with Gasteiger partial charge in [-0.25, -0.2) is 14.6 Å². The highest BCUT2D eigenvalue weighted by atomic mass is 32.1. The molecule has 0 saturated heterocycles. The van der Waals surface area contributed by atoms with Gasteiger partial charge in [-0.3, -0.25) is 0 Å². The third-order valence-corrected chi connectivity index (χ3v) is 4.08. The van der Waals surface area contributed by atoms with Crippen molar-refractivity contribution in [1.82, 2.24) is 19.7 Å². The number of nitrogens with zero attached hydrogens (tertiary/aromatic N) is 4. The molecule has 3 rings (SSSR count). The molecule has 0 bridgehead atoms. The van der Waals surface area contributed by atoms with Crippen molar-refractivity contribution in [3.8, 4) is 5.69 Å². The van der Waals surface area contributed by atoms with Crippen LogP contribution in [0.15, 0.2) is 36.9 Å². The summed E-state index contributed by atoms with van der Waals surface area (Å²) in [5.74, 6) is 0. The van der Waals surface area contributed by atoms with Crippen molar-refractivity contribution >= 4 is 17.0 Å². The molecule has 1 N–H and O–H groups in total. The second kappa shape index (κ2) is 5.42. The largest absolute Gasteiger partial charge is 0.380 e. The fraction of sp³-hybridized carbons (Fsp3) is 0.214. The molecule has 5 nitrogen and oxygen atoms in total. The van der Waals surface area contributed by atoms with Gasteiger partial charge in [0.1, 0.15) is 12.7 Å². The van der Waals surface area contributed by atoms with Crippen molar-refractivity contribution in [2.24, 2.45) is 0 Å². The van der Waals surface area contributed by atoms with Gasteiger partial charge in [-0.2, -0.15) is 5.10 Å². The molecule has 0 aliphatic rings. The summed E-state index contributed by atoms with van der Waals surface area (Å²) in [5, 5.41) is 8.63. The smallest absolute Gasteiger partial charge is 0.138 e. The van der Waals surface area contributed by atoms with Crippen LogP contribution in [0.1, 0.15) is 15.6 Å². The van der Waals surface area contributed by atoms with Crippen molar-refractivity contribution in [1.29, 1.82) is 0 Å². The Hall–Kier alpha value is -2.21. The molecule has 0 fully saturated rings. The van der Waals surface area contributed by atoms with Crippen LogP contribution in [0, 0.1) is 13.8 Å². The number of aryl methyl sites for hydroxylation is 2. The quantitative estimate of drug-likeness (QED) is 0.800. The number of thiazole rings is 1. The normalized spacial score (nSPS) is 10.7. The van der Waals surface area contributed by atoms with E-state index in [0.717, 1.165) is 28.6 Å². The van der Waals surface area contributed by atoms with Gasteiger partial charge >= 0.3 is 0 Å². The summed E-state index contributed by atoms with van der Waals surface area (Å²) in [6.45, 7) is 4.89. The monoisotopic (exact) mass is 285 g/mol. The first-order chi connectivity index (χ1) is 9.72. The topological polar surface area (TPSA) is 55.6 Å². The van der Waals surface area contributed by atoms with Crippen LogP contribution in [0.4, 0.5) is 5.69 Å². The molecular formula is C14H15N5S. The van der Waals surface area contributed by atoms with Crippen LogP contribution in [-0.2, 0) is 6.54 Å². The zero-order valence-electron chi connectivity index (χ0n) is 11.4. The molecule has 0 amide bonds. The number of hydrogen-bond donors (Lipinski definition) is 1. The molecule has 0 saturated carbocycles. The van der Waals surface area contributed by atoms with Crippen molar-refractivity contribution < 1.29 is 0 Å². The van der Waals surface area contributed by atoms with Crippen LogP contribution < -0.4 is 5.32 Å². The Morgan fingerprint density at radius 1 is 1.20 bits per heavy atom. The maximum absolute atomic E-state index is 4.43. The van der Waals surface area contributed by atoms with Crippen LogP contribution in [0.5, 0.6) is 0 Å². The van der Waals surface area contributed by atoms with Crippen LogP contribution >= 0.6 is 11.3 Å². The third-order valence-electron chi connectivity index (χ3n) is 3.00. The lowest BCUT2D eigenvalue weighted by atomic mass is 10.2. The molecule has 1 aromatic carbocycles. The van der Waals surface area contributed by atoms with Gasteiger partial charge in [0.25, 0.3) is 0 Å². The third kappa shape index (κ3) is 2.70. The van der Waals surface area contributed by atoms with Gasteiger partial charge in [-0.05, 0) is 38.1 Å². The van der Waals surface area contributed by atoms with Crippen molar-refractivity contribution in [3.63, 3.8) is 0 Å². The first-order valence-electron chi connectivity index (χ1n) is 6.34. The SMILES string of the molecule is Cc1nc(C)c(CNc2ccc(-n3cncn3)cc2)s1. The second-order valence-electron chi connectivity index (χ2n) is 4.48. The van der Waals surface area contributed by atoms with Crippen LogP contribution in [0.3, 0.4) is 0 Å². The average Bonchev–Trinajstić information content (AvgIpc) is 3.07. The molecule has 0 unspecified atom stereocenters. The van der Waals surface area contributed by atoms with E-state index in [1.807, 2.05) is 38.1 Å². The molecule has 6 heteroatoms. The Morgan fingerprint density at radius 2 is 2.00 bits per heavy atom. The minimum atomic E-state index is 0.806. The Kier molecular flexibility index (Phi) is 3.47. The van der Waals surface area contributed by atoms with Crippen molar-refractivity contribution in [3.05, 3.63) is 52.5 Å². The lowest BCUT2D eigenvalue weighted by Crippen LogP contribution is -2.00. The zero-order chi connectivity index (χ0) is 13.9. The highest BCUT2D eigenvalue weighted by Gasteiger charge is 2.04. The molecule has 102 valence electrons. The first-order valence-corrected chi connectivity index (χ1v) is 7.16. The van der Waals surface area contributed by atoms with Crippen LogP contribution in [-0.4, -0.2) is 19.7 Å². The van der Waals surface area contributed by atoms with E-state index in [1.54, 1.807) is 22.3 Å². The van der Waals surface area contributed by atoms with Gasteiger partial charge in [-0.1, -0.05) is 0 Å². The fourth-order valence-electron chi connectivity index (χ4n) is 1.99. The van der Waals surface area contributed by atoms with Gasteiger partial charge < -0.3 is 5.32 Å². The summed E-state index contributed by atoms with van der Waals surface area (Å²) >= 11 is 1.74. The standard InChI is InChI=1S/C14H15N5S/c1-10-14(20-11(2)18-10)7-16-12-3-5-13(6-4-12)19-9-15-8-17-19/h3-6,8-9,16H,7H2,1-2H3. The minimum absolute atomic E-state index is 0.806. The molecule has 20 heavy (non-hydrogen) atoms. The number of nitrogens with one attached hydrogen (secondary N) is 1. The molecule has 2 aromatic heterocycles. The van der Waals surface area contributed by atoms with Gasteiger partial charge in [0.2, 0.25) is 0 Å². The molecular weight excluding hydrogens is 270 g/mol. The molecule has 3 aromatic rings. The maximum Gasteiger partial charge on any atom is 0.138 e. The van der Waals surface area contributed by atoms with E-state index in [2.05, 4.69) is 20.4 Å². The number of anilines is 1. The Balaban J connectivity index is 1.68. The van der Waals surface area contributed by atoms with E-state index in [9.17, 15) is 0 Å². The number of hydrogen-bond acceptors (Lipinski definition) is 5. The molecule has 0 aliphatic carbocycles. The Labute approximate surface area is 121 Å². The molecule has 0 radical (unpaired) electrons. The Morgan fingerprint density at radius 3 is 2.60 bits per heavy atom. The van der Waals surface area contributed by atoms with E-state index in [-0.39, 0.29) is 0 Å². The highest BCUT2D eigenvalue weighted by Crippen LogP contribution is 2.19. The van der Waals surface area contributed by atoms with Gasteiger partial charge in [0.05, 0.1) is 22.9 Å². The fourth-order valence-corrected chi connectivity index (χ4v) is 2.87. The van der Waals surface area contributed by atoms with Gasteiger partial charge in [0.15, 0.2) is 0 Å². The maximum atomic E-state index is 4.43. The van der Waals surface area contributed by atoms with Crippen molar-refractivity contribution in [2.75, 3.05) is 5.32 Å². The summed E-state index contributed by atoms with van der Waals surface area (Å²) in [6.07, 6.45) is 3.22. The second-order valence-corrected chi connectivity index (χ2v) is 5.77. The number of benzene rings is 1. The first kappa shape index (κ1) is 12.8. The summed E-state index contributed by atoms with van der Waals surface area (Å²) in [6, 6.07) is 8.12. The summed E-state index contributed by atoms with van der Waals surface area (Å²) in [5.41, 5.74) is 3.19. The minimum Gasteiger partial charge on any atom is -0.380 e. The number of rotatable bonds is 4. The van der Waals surface area contributed by atoms with Gasteiger partial charge in [0, 0.05) is 10.6 Å². The molecule has 0 spiro atoms. The molecule has 0 aliphatic heterocycles. The summed E-state index contributed by atoms with van der Waals surface area (Å²) < 4.78 is 1.74. The van der Waals surface area contributed by atoms with Gasteiger partial charge in [-0.15, -0.1) is 11.3 Å². The van der Waals surface area contributed by atoms with E-state index >= 15 is 0 Å². The van der Waals surface area contributed by atoms with E-state index < -0.39 is 0 Å². The highest BCUT2D eigenvalue weighted by molar-refractivity contribution is 7.11. The average molecular weight is 285 g/mol. The lowest BCUT2D eigenvalue weighted by molar-refractivity contribution is 0.879. The zero-order valence-corrected chi connectivity index (χ0v) is 12.2. The van der Waals surface area contributed by atoms with Crippen molar-refractivity contribution in [2.45, 2.75) is 20.4 Å². The predicted molar refractivity (Wildman–Crippen MR) is 80.3 cm³/mol. The summed E-state index contributed by atoms with van der Waals surface area (Å²) in [7, 11) is 0. The van der Waals surface area contributed by atoms with E-state index in [0.29, 0.717) is 0 Å². The van der Waals surface area contributed by atoms with Crippen LogP contribution in [0.2, 0.25) is 0 Å². The molecule has 2 heterocycles.